The van der Waals surface area contributed by atoms with Crippen LogP contribution in [0.1, 0.15) is 5.56 Å². The maximum absolute atomic E-state index is 12.5. The summed E-state index contributed by atoms with van der Waals surface area (Å²) < 4.78 is 11.3. The number of ether oxygens (including phenoxy) is 1. The lowest BCUT2D eigenvalue weighted by molar-refractivity contribution is -0.123. The van der Waals surface area contributed by atoms with Gasteiger partial charge in [0.1, 0.15) is 16.9 Å². The van der Waals surface area contributed by atoms with Crippen LogP contribution in [0.15, 0.2) is 69.9 Å². The number of benzene rings is 3. The molecule has 0 aliphatic carbocycles. The van der Waals surface area contributed by atoms with Gasteiger partial charge >= 0.3 is 0 Å². The van der Waals surface area contributed by atoms with Crippen LogP contribution >= 0.6 is 23.2 Å². The van der Waals surface area contributed by atoms with Crippen LogP contribution in [-0.4, -0.2) is 12.5 Å². The zero-order chi connectivity index (χ0) is 20.4. The molecule has 0 saturated heterocycles. The number of rotatable bonds is 5. The van der Waals surface area contributed by atoms with Gasteiger partial charge in [0.05, 0.1) is 20.8 Å². The van der Waals surface area contributed by atoms with Gasteiger partial charge in [-0.1, -0.05) is 41.4 Å². The number of hydrogen-bond acceptors (Lipinski definition) is 4. The molecule has 0 fully saturated rings. The summed E-state index contributed by atoms with van der Waals surface area (Å²) in [6.45, 7) is 0.127. The summed E-state index contributed by atoms with van der Waals surface area (Å²) in [6.07, 6.45) is 0. The molecule has 1 heterocycles. The Hall–Kier alpha value is -3.02. The van der Waals surface area contributed by atoms with Crippen molar-refractivity contribution in [3.05, 3.63) is 86.5 Å². The molecule has 29 heavy (non-hydrogen) atoms. The molecule has 4 rings (SSSR count). The SMILES string of the molecule is O=C(COc1ccc2c(=O)c3ccccc3oc2c1)NCc1ccc(Cl)c(Cl)c1. The molecule has 0 atom stereocenters. The lowest BCUT2D eigenvalue weighted by atomic mass is 10.1. The van der Waals surface area contributed by atoms with Gasteiger partial charge in [-0.05, 0) is 42.0 Å². The van der Waals surface area contributed by atoms with E-state index >= 15 is 0 Å². The van der Waals surface area contributed by atoms with Crippen molar-refractivity contribution in [2.45, 2.75) is 6.54 Å². The Morgan fingerprint density at radius 1 is 0.931 bits per heavy atom. The summed E-state index contributed by atoms with van der Waals surface area (Å²) in [4.78, 5) is 24.6. The molecule has 4 aromatic rings. The van der Waals surface area contributed by atoms with Crippen LogP contribution in [0.2, 0.25) is 10.0 Å². The molecule has 0 bridgehead atoms. The van der Waals surface area contributed by atoms with Crippen molar-refractivity contribution < 1.29 is 13.9 Å². The fourth-order valence-corrected chi connectivity index (χ4v) is 3.24. The van der Waals surface area contributed by atoms with E-state index in [2.05, 4.69) is 5.32 Å². The standard InChI is InChI=1S/C22H15Cl2NO4/c23-17-8-5-13(9-18(17)24)11-25-21(26)12-28-14-6-7-16-20(10-14)29-19-4-2-1-3-15(19)22(16)27/h1-10H,11-12H2,(H,25,26). The van der Waals surface area contributed by atoms with Crippen LogP contribution in [0, 0.1) is 0 Å². The molecule has 5 nitrogen and oxygen atoms in total. The highest BCUT2D eigenvalue weighted by atomic mass is 35.5. The first-order valence-corrected chi connectivity index (χ1v) is 9.56. The Morgan fingerprint density at radius 2 is 1.72 bits per heavy atom. The van der Waals surface area contributed by atoms with Crippen LogP contribution in [0.3, 0.4) is 0 Å². The van der Waals surface area contributed by atoms with Gasteiger partial charge in [0.15, 0.2) is 6.61 Å². The van der Waals surface area contributed by atoms with E-state index in [1.807, 2.05) is 0 Å². The minimum atomic E-state index is -0.295. The highest BCUT2D eigenvalue weighted by Gasteiger charge is 2.09. The molecule has 0 saturated carbocycles. The maximum atomic E-state index is 12.5. The summed E-state index contributed by atoms with van der Waals surface area (Å²) >= 11 is 11.8. The molecule has 0 radical (unpaired) electrons. The second-order valence-corrected chi connectivity index (χ2v) is 7.21. The molecule has 7 heteroatoms. The van der Waals surface area contributed by atoms with Gasteiger partial charge in [-0.15, -0.1) is 0 Å². The summed E-state index contributed by atoms with van der Waals surface area (Å²) in [7, 11) is 0. The number of amides is 1. The van der Waals surface area contributed by atoms with E-state index < -0.39 is 0 Å². The normalized spacial score (nSPS) is 11.0. The second kappa shape index (κ2) is 8.15. The van der Waals surface area contributed by atoms with Crippen LogP contribution < -0.4 is 15.5 Å². The number of halogens is 2. The molecular weight excluding hydrogens is 413 g/mol. The fraction of sp³-hybridized carbons (Fsp3) is 0.0909. The van der Waals surface area contributed by atoms with Crippen LogP contribution in [0.25, 0.3) is 21.9 Å². The number of carbonyl (C=O) groups excluding carboxylic acids is 1. The van der Waals surface area contributed by atoms with E-state index in [1.54, 1.807) is 60.7 Å². The molecule has 1 N–H and O–H groups in total. The van der Waals surface area contributed by atoms with E-state index in [9.17, 15) is 9.59 Å². The predicted octanol–water partition coefficient (Wildman–Crippen LogP) is 4.95. The number of para-hydroxylation sites is 1. The van der Waals surface area contributed by atoms with Crippen molar-refractivity contribution in [1.82, 2.24) is 5.32 Å². The average Bonchev–Trinajstić information content (AvgIpc) is 2.73. The lowest BCUT2D eigenvalue weighted by Crippen LogP contribution is -2.28. The minimum Gasteiger partial charge on any atom is -0.484 e. The van der Waals surface area contributed by atoms with E-state index in [4.69, 9.17) is 32.4 Å². The lowest BCUT2D eigenvalue weighted by Gasteiger charge is -2.09. The molecule has 1 amide bonds. The van der Waals surface area contributed by atoms with Gasteiger partial charge in [0.25, 0.3) is 5.91 Å². The molecule has 1 aromatic heterocycles. The summed E-state index contributed by atoms with van der Waals surface area (Å²) in [5, 5.41) is 4.62. The number of fused-ring (bicyclic) bond motifs is 2. The monoisotopic (exact) mass is 427 g/mol. The number of nitrogens with one attached hydrogen (secondary N) is 1. The Balaban J connectivity index is 1.43. The van der Waals surface area contributed by atoms with Crippen molar-refractivity contribution in [2.75, 3.05) is 6.61 Å². The van der Waals surface area contributed by atoms with E-state index in [0.717, 1.165) is 5.56 Å². The Labute approximate surface area is 175 Å². The molecular formula is C22H15Cl2NO4. The van der Waals surface area contributed by atoms with E-state index in [1.165, 1.54) is 0 Å². The highest BCUT2D eigenvalue weighted by Crippen LogP contribution is 2.23. The van der Waals surface area contributed by atoms with Gasteiger partial charge in [-0.2, -0.15) is 0 Å². The third-order valence-electron chi connectivity index (χ3n) is 4.39. The summed E-state index contributed by atoms with van der Waals surface area (Å²) in [5.74, 6) is 0.136. The second-order valence-electron chi connectivity index (χ2n) is 6.40. The third kappa shape index (κ3) is 4.21. The van der Waals surface area contributed by atoms with Crippen LogP contribution in [0.4, 0.5) is 0 Å². The van der Waals surface area contributed by atoms with Crippen molar-refractivity contribution in [1.29, 1.82) is 0 Å². The van der Waals surface area contributed by atoms with Crippen molar-refractivity contribution in [3.8, 4) is 5.75 Å². The number of carbonyl (C=O) groups is 1. The topological polar surface area (TPSA) is 68.5 Å². The zero-order valence-corrected chi connectivity index (χ0v) is 16.6. The Bertz CT molecular complexity index is 1280. The highest BCUT2D eigenvalue weighted by molar-refractivity contribution is 6.42. The molecule has 0 unspecified atom stereocenters. The van der Waals surface area contributed by atoms with E-state index in [-0.39, 0.29) is 17.9 Å². The largest absolute Gasteiger partial charge is 0.484 e. The van der Waals surface area contributed by atoms with Gasteiger partial charge in [0, 0.05) is 12.6 Å². The van der Waals surface area contributed by atoms with Crippen LogP contribution in [0.5, 0.6) is 5.75 Å². The summed E-state index contributed by atoms with van der Waals surface area (Å²) in [5.41, 5.74) is 1.63. The first-order valence-electron chi connectivity index (χ1n) is 8.80. The van der Waals surface area contributed by atoms with Crippen LogP contribution in [-0.2, 0) is 11.3 Å². The zero-order valence-electron chi connectivity index (χ0n) is 15.1. The first kappa shape index (κ1) is 19.3. The van der Waals surface area contributed by atoms with Crippen molar-refractivity contribution >= 4 is 51.0 Å². The van der Waals surface area contributed by atoms with Gasteiger partial charge < -0.3 is 14.5 Å². The third-order valence-corrected chi connectivity index (χ3v) is 5.13. The average molecular weight is 428 g/mol. The Morgan fingerprint density at radius 3 is 2.55 bits per heavy atom. The molecule has 146 valence electrons. The molecule has 0 spiro atoms. The fourth-order valence-electron chi connectivity index (χ4n) is 2.92. The summed E-state index contributed by atoms with van der Waals surface area (Å²) in [6, 6.07) is 17.1. The van der Waals surface area contributed by atoms with Gasteiger partial charge in [-0.25, -0.2) is 0 Å². The molecule has 0 aliphatic rings. The predicted molar refractivity (Wildman–Crippen MR) is 114 cm³/mol. The number of hydrogen-bond donors (Lipinski definition) is 1. The van der Waals surface area contributed by atoms with E-state index in [0.29, 0.717) is 44.3 Å². The first-order chi connectivity index (χ1) is 14.0. The Kier molecular flexibility index (Phi) is 5.43. The quantitative estimate of drug-likeness (QED) is 0.457. The van der Waals surface area contributed by atoms with Crippen molar-refractivity contribution in [3.63, 3.8) is 0 Å². The minimum absolute atomic E-state index is 0.104. The van der Waals surface area contributed by atoms with Gasteiger partial charge in [-0.3, -0.25) is 9.59 Å². The van der Waals surface area contributed by atoms with Crippen molar-refractivity contribution in [2.24, 2.45) is 0 Å². The molecule has 0 aliphatic heterocycles. The maximum Gasteiger partial charge on any atom is 0.258 e. The van der Waals surface area contributed by atoms with Gasteiger partial charge in [0.2, 0.25) is 5.43 Å². The smallest absolute Gasteiger partial charge is 0.258 e. The molecule has 3 aromatic carbocycles.